The van der Waals surface area contributed by atoms with Crippen LogP contribution >= 0.6 is 0 Å². The molecule has 0 saturated carbocycles. The molecule has 0 radical (unpaired) electrons. The Balaban J connectivity index is 1.27. The van der Waals surface area contributed by atoms with Gasteiger partial charge in [-0.25, -0.2) is 19.6 Å². The van der Waals surface area contributed by atoms with E-state index in [2.05, 4.69) is 20.6 Å². The maximum Gasteiger partial charge on any atom is 0.322 e. The number of amides is 4. The van der Waals surface area contributed by atoms with Crippen molar-refractivity contribution < 1.29 is 47.5 Å². The van der Waals surface area contributed by atoms with Crippen LogP contribution in [0.5, 0.6) is 23.0 Å². The van der Waals surface area contributed by atoms with Gasteiger partial charge in [0.1, 0.15) is 23.0 Å². The zero-order chi connectivity index (χ0) is 55.0. The quantitative estimate of drug-likeness (QED) is 0.123. The number of carbonyl (C=O) groups excluding carboxylic acids is 2. The molecule has 7 aliphatic heterocycles. The van der Waals surface area contributed by atoms with Crippen molar-refractivity contribution in [3.63, 3.8) is 0 Å². The van der Waals surface area contributed by atoms with Gasteiger partial charge < -0.3 is 68.3 Å². The number of anilines is 2. The lowest BCUT2D eigenvalue weighted by Crippen LogP contribution is -2.40. The first-order valence-corrected chi connectivity index (χ1v) is 26.5. The first kappa shape index (κ1) is 53.1. The molecule has 14 rings (SSSR count). The zero-order valence-corrected chi connectivity index (χ0v) is 45.1. The number of rotatable bonds is 6. The number of aromatic nitrogens is 4. The summed E-state index contributed by atoms with van der Waals surface area (Å²) in [6, 6.07) is 34.3. The van der Waals surface area contributed by atoms with Crippen LogP contribution in [0.15, 0.2) is 109 Å². The molecule has 7 aliphatic rings. The molecule has 0 spiro atoms. The topological polar surface area (TPSA) is 196 Å². The van der Waals surface area contributed by atoms with Crippen LogP contribution in [0.2, 0.25) is 0 Å². The van der Waals surface area contributed by atoms with E-state index in [4.69, 9.17) is 47.9 Å². The van der Waals surface area contributed by atoms with Crippen molar-refractivity contribution in [1.29, 1.82) is 0 Å². The molecule has 0 unspecified atom stereocenters. The van der Waals surface area contributed by atoms with Crippen molar-refractivity contribution in [3.8, 4) is 67.5 Å². The van der Waals surface area contributed by atoms with Crippen molar-refractivity contribution in [3.05, 3.63) is 132 Å². The van der Waals surface area contributed by atoms with Crippen molar-refractivity contribution >= 4 is 69.8 Å². The van der Waals surface area contributed by atoms with Crippen LogP contribution in [0.4, 0.5) is 21.0 Å². The highest BCUT2D eigenvalue weighted by atomic mass is 16.5. The highest BCUT2D eigenvalue weighted by molar-refractivity contribution is 6.05. The minimum Gasteiger partial charge on any atom is -0.497 e. The van der Waals surface area contributed by atoms with E-state index >= 15 is 0 Å². The largest absolute Gasteiger partial charge is 0.497 e. The van der Waals surface area contributed by atoms with Crippen molar-refractivity contribution in [2.75, 3.05) is 118 Å². The molecule has 1 saturated heterocycles. The number of nitrogens with zero attached hydrogens (tertiary/aromatic N) is 4. The molecule has 0 atom stereocenters. The van der Waals surface area contributed by atoms with Crippen LogP contribution in [0.3, 0.4) is 0 Å². The van der Waals surface area contributed by atoms with Crippen molar-refractivity contribution in [2.24, 2.45) is 0 Å². The SMILES string of the molecule is COc1cc(OC)cc(-c2c3nc(c4c5ccc([nH]5)c(-c5cc(OC)cc(OC)c5)c5nc(c(c6ccc2[nH]6)-c2ccccc2NC(=O)N2CCOCCOCCN(CCOCCOCC2)C(=O)Nc2ccccc2-4)C=C5)C=C3)c1. The molecule has 80 heavy (non-hydrogen) atoms. The van der Waals surface area contributed by atoms with E-state index in [-0.39, 0.29) is 91.1 Å². The minimum atomic E-state index is -0.344. The normalized spacial score (nSPS) is 15.6. The van der Waals surface area contributed by atoms with Gasteiger partial charge in [0, 0.05) is 93.8 Å². The summed E-state index contributed by atoms with van der Waals surface area (Å²) < 4.78 is 47.5. The molecule has 4 N–H and O–H groups in total. The Morgan fingerprint density at radius 3 is 1.05 bits per heavy atom. The second kappa shape index (κ2) is 24.4. The summed E-state index contributed by atoms with van der Waals surface area (Å²) in [5.41, 5.74) is 12.3. The molecule has 18 nitrogen and oxygen atoms in total. The lowest BCUT2D eigenvalue weighted by molar-refractivity contribution is 0.0175. The van der Waals surface area contributed by atoms with Crippen molar-refractivity contribution in [2.45, 2.75) is 0 Å². The summed E-state index contributed by atoms with van der Waals surface area (Å²) in [6.07, 6.45) is 7.97. The van der Waals surface area contributed by atoms with Gasteiger partial charge in [0.05, 0.1) is 115 Å². The minimum absolute atomic E-state index is 0.245. The average Bonchev–Trinajstić information content (AvgIpc) is 4.43. The predicted octanol–water partition coefficient (Wildman–Crippen LogP) is 11.1. The highest BCUT2D eigenvalue weighted by Gasteiger charge is 2.25. The van der Waals surface area contributed by atoms with Crippen LogP contribution in [-0.4, -0.2) is 149 Å². The summed E-state index contributed by atoms with van der Waals surface area (Å²) in [5.74, 6) is 2.34. The Hall–Kier alpha value is -8.94. The maximum absolute atomic E-state index is 14.7. The molecule has 410 valence electrons. The second-order valence-electron chi connectivity index (χ2n) is 19.1. The van der Waals surface area contributed by atoms with Gasteiger partial charge in [0.25, 0.3) is 0 Å². The first-order chi connectivity index (χ1) is 39.3. The molecule has 0 aliphatic carbocycles. The van der Waals surface area contributed by atoms with Gasteiger partial charge in [-0.1, -0.05) is 36.4 Å². The number of methoxy groups -OCH3 is 4. The number of hydrogen-bond acceptors (Lipinski definition) is 12. The lowest BCUT2D eigenvalue weighted by Gasteiger charge is -2.25. The van der Waals surface area contributed by atoms with Gasteiger partial charge in [-0.05, 0) is 96.1 Å². The van der Waals surface area contributed by atoms with Gasteiger partial charge in [-0.2, -0.15) is 0 Å². The van der Waals surface area contributed by atoms with E-state index in [1.54, 1.807) is 38.2 Å². The Kier molecular flexibility index (Phi) is 16.2. The van der Waals surface area contributed by atoms with E-state index in [1.807, 2.05) is 133 Å². The van der Waals surface area contributed by atoms with Crippen LogP contribution in [0.1, 0.15) is 22.8 Å². The Morgan fingerprint density at radius 1 is 0.400 bits per heavy atom. The maximum atomic E-state index is 14.7. The van der Waals surface area contributed by atoms with Crippen LogP contribution in [0.25, 0.3) is 90.9 Å². The van der Waals surface area contributed by atoms with E-state index in [9.17, 15) is 9.59 Å². The molecule has 3 aromatic heterocycles. The molecular weight excluding hydrogens is 1020 g/mol. The molecule has 12 bridgehead atoms. The summed E-state index contributed by atoms with van der Waals surface area (Å²) >= 11 is 0. The van der Waals surface area contributed by atoms with E-state index in [0.29, 0.717) is 90.4 Å². The molecule has 7 aromatic rings. The third-order valence-electron chi connectivity index (χ3n) is 14.3. The Bertz CT molecular complexity index is 3380. The van der Waals surface area contributed by atoms with E-state index in [1.165, 1.54) is 0 Å². The third kappa shape index (κ3) is 11.5. The molecular formula is C62H62N8O10. The van der Waals surface area contributed by atoms with Crippen LogP contribution in [0, 0.1) is 0 Å². The average molecular weight is 1080 g/mol. The fourth-order valence-corrected chi connectivity index (χ4v) is 10.3. The molecule has 18 heteroatoms. The smallest absolute Gasteiger partial charge is 0.322 e. The summed E-state index contributed by atoms with van der Waals surface area (Å²) in [6.45, 7) is 3.20. The van der Waals surface area contributed by atoms with Crippen LogP contribution < -0.4 is 29.6 Å². The zero-order valence-electron chi connectivity index (χ0n) is 45.1. The predicted molar refractivity (Wildman–Crippen MR) is 311 cm³/mol. The summed E-state index contributed by atoms with van der Waals surface area (Å²) in [4.78, 5) is 51.4. The van der Waals surface area contributed by atoms with Crippen LogP contribution in [-0.2, 0) is 18.9 Å². The van der Waals surface area contributed by atoms with Gasteiger partial charge in [0.2, 0.25) is 0 Å². The molecule has 1 fully saturated rings. The second-order valence-corrected chi connectivity index (χ2v) is 19.1. The Morgan fingerprint density at radius 2 is 0.713 bits per heavy atom. The fraction of sp³-hybridized carbons (Fsp3) is 0.258. The highest BCUT2D eigenvalue weighted by Crippen LogP contribution is 2.43. The van der Waals surface area contributed by atoms with Crippen molar-refractivity contribution in [1.82, 2.24) is 29.7 Å². The molecule has 10 heterocycles. The number of aromatic amines is 2. The lowest BCUT2D eigenvalue weighted by atomic mass is 10.0. The monoisotopic (exact) mass is 1080 g/mol. The standard InChI is InChI=1S/C62H62N8O10/c1-73-41-33-39(34-42(37-41)74-2)57-49-13-17-53(63-49)59-45-9-5-7-11-47(45)67-61(71)69-21-25-77-29-31-79-27-23-70(24-28-80-32-30-78-26-22-69)62(72)68-48-12-8-6-10-46(48)60(54-18-14-50(57)64-54)56-20-16-52(66-56)58(51-15-19-55(59)65-51)40-35-43(75-3)38-44(36-40)76-4/h5-20,33-38,63,66H,21-32H2,1-4H3,(H,67,71)(H,68,72). The Labute approximate surface area is 462 Å². The van der Waals surface area contributed by atoms with Gasteiger partial charge in [0.15, 0.2) is 0 Å². The van der Waals surface area contributed by atoms with Gasteiger partial charge in [-0.3, -0.25) is 0 Å². The molecule has 4 aromatic carbocycles. The fourth-order valence-electron chi connectivity index (χ4n) is 10.3. The number of ether oxygens (including phenoxy) is 8. The summed E-state index contributed by atoms with van der Waals surface area (Å²) in [5, 5.41) is 6.53. The third-order valence-corrected chi connectivity index (χ3v) is 14.3. The number of urea groups is 2. The molecule has 4 amide bonds. The van der Waals surface area contributed by atoms with Gasteiger partial charge in [-0.15, -0.1) is 0 Å². The number of hydrogen-bond donors (Lipinski definition) is 4. The number of H-pyrrole nitrogens is 2. The number of nitrogens with one attached hydrogen (secondary N) is 4. The van der Waals surface area contributed by atoms with E-state index < -0.39 is 0 Å². The van der Waals surface area contributed by atoms with Gasteiger partial charge >= 0.3 is 12.1 Å². The number of benzene rings is 4. The summed E-state index contributed by atoms with van der Waals surface area (Å²) in [7, 11) is 6.49. The number of para-hydroxylation sites is 2. The van der Waals surface area contributed by atoms with E-state index in [0.717, 1.165) is 33.3 Å². The first-order valence-electron chi connectivity index (χ1n) is 26.5. The number of carbonyl (C=O) groups is 2.